The van der Waals surface area contributed by atoms with E-state index >= 15 is 0 Å². The average Bonchev–Trinajstić information content (AvgIpc) is 2.45. The molecule has 0 aliphatic heterocycles. The Morgan fingerprint density at radius 2 is 2.12 bits per heavy atom. The number of halogens is 1. The fourth-order valence-electron chi connectivity index (χ4n) is 1.68. The molecule has 0 atom stereocenters. The lowest BCUT2D eigenvalue weighted by atomic mass is 9.99. The molecule has 1 rings (SSSR count). The van der Waals surface area contributed by atoms with Crippen LogP contribution in [-0.4, -0.2) is 27.8 Å². The highest BCUT2D eigenvalue weighted by atomic mass is 35.5. The molecule has 0 N–H and O–H groups in total. The number of carbonyl (C=O) groups excluding carboxylic acids is 1. The maximum Gasteiger partial charge on any atom is 0.170 e. The Morgan fingerprint density at radius 1 is 1.53 bits per heavy atom. The van der Waals surface area contributed by atoms with E-state index in [1.807, 2.05) is 13.8 Å². The fraction of sp³-hybridized carbons (Fsp3) is 0.667. The predicted octanol–water partition coefficient (Wildman–Crippen LogP) is 2.31. The molecule has 5 heteroatoms. The Kier molecular flexibility index (Phi) is 4.33. The van der Waals surface area contributed by atoms with Gasteiger partial charge in [0.15, 0.2) is 5.78 Å². The molecule has 96 valence electrons. The van der Waals surface area contributed by atoms with Crippen LogP contribution >= 0.6 is 11.6 Å². The summed E-state index contributed by atoms with van der Waals surface area (Å²) in [6, 6.07) is 0. The Bertz CT molecular complexity index is 424. The molecule has 0 spiro atoms. The van der Waals surface area contributed by atoms with Gasteiger partial charge in [0, 0.05) is 13.7 Å². The van der Waals surface area contributed by atoms with Crippen LogP contribution in [0.25, 0.3) is 0 Å². The molecule has 0 aromatic carbocycles. The van der Waals surface area contributed by atoms with E-state index < -0.39 is 5.60 Å². The Morgan fingerprint density at radius 3 is 2.53 bits per heavy atom. The molecule has 0 aliphatic rings. The fourth-order valence-corrected chi connectivity index (χ4v) is 1.91. The highest BCUT2D eigenvalue weighted by Gasteiger charge is 2.29. The third kappa shape index (κ3) is 3.07. The van der Waals surface area contributed by atoms with Gasteiger partial charge in [-0.2, -0.15) is 5.10 Å². The molecule has 0 saturated heterocycles. The number of aromatic nitrogens is 2. The van der Waals surface area contributed by atoms with Crippen molar-refractivity contribution in [2.45, 2.75) is 39.7 Å². The Hall–Kier alpha value is -0.870. The van der Waals surface area contributed by atoms with Gasteiger partial charge in [-0.3, -0.25) is 9.48 Å². The smallest absolute Gasteiger partial charge is 0.170 e. The van der Waals surface area contributed by atoms with E-state index in [0.29, 0.717) is 11.6 Å². The highest BCUT2D eigenvalue weighted by Crippen LogP contribution is 2.22. The number of hydrogen-bond donors (Lipinski definition) is 0. The number of nitrogens with zero attached hydrogens (tertiary/aromatic N) is 2. The third-order valence-electron chi connectivity index (χ3n) is 2.77. The first-order valence-corrected chi connectivity index (χ1v) is 6.02. The van der Waals surface area contributed by atoms with Crippen molar-refractivity contribution in [3.8, 4) is 0 Å². The molecule has 0 unspecified atom stereocenters. The molecular formula is C12H19ClN2O2. The largest absolute Gasteiger partial charge is 0.368 e. The number of hydrogen-bond acceptors (Lipinski definition) is 3. The minimum absolute atomic E-state index is 0.00394. The van der Waals surface area contributed by atoms with Crippen molar-refractivity contribution in [1.82, 2.24) is 9.78 Å². The summed E-state index contributed by atoms with van der Waals surface area (Å²) in [7, 11) is 1.79. The molecule has 0 amide bonds. The molecule has 0 aliphatic carbocycles. The minimum atomic E-state index is -0.781. The van der Waals surface area contributed by atoms with E-state index in [4.69, 9.17) is 16.3 Å². The van der Waals surface area contributed by atoms with Crippen LogP contribution in [0.2, 0.25) is 5.02 Å². The summed E-state index contributed by atoms with van der Waals surface area (Å²) in [5.41, 5.74) is 0.698. The van der Waals surface area contributed by atoms with Crippen LogP contribution < -0.4 is 0 Å². The second kappa shape index (κ2) is 5.19. The topological polar surface area (TPSA) is 44.1 Å². The molecule has 0 radical (unpaired) electrons. The normalized spacial score (nSPS) is 11.9. The zero-order valence-electron chi connectivity index (χ0n) is 11.0. The van der Waals surface area contributed by atoms with Gasteiger partial charge in [0.1, 0.15) is 5.60 Å². The number of aryl methyl sites for hydroxylation is 2. The van der Waals surface area contributed by atoms with Gasteiger partial charge >= 0.3 is 0 Å². The molecule has 1 heterocycles. The van der Waals surface area contributed by atoms with E-state index in [0.717, 1.165) is 11.4 Å². The zero-order chi connectivity index (χ0) is 13.2. The lowest BCUT2D eigenvalue weighted by Gasteiger charge is -2.23. The zero-order valence-corrected chi connectivity index (χ0v) is 11.8. The van der Waals surface area contributed by atoms with E-state index in [2.05, 4.69) is 5.10 Å². The van der Waals surface area contributed by atoms with Gasteiger partial charge in [0.25, 0.3) is 0 Å². The predicted molar refractivity (Wildman–Crippen MR) is 67.4 cm³/mol. The maximum absolute atomic E-state index is 12.1. The van der Waals surface area contributed by atoms with Gasteiger partial charge in [-0.1, -0.05) is 11.6 Å². The SMILES string of the molecule is CCOC(C)(C)C(=O)Cc1c(Cl)c(C)nn1C. The molecule has 0 bridgehead atoms. The quantitative estimate of drug-likeness (QED) is 0.814. The number of ether oxygens (including phenoxy) is 1. The van der Waals surface area contributed by atoms with Gasteiger partial charge in [0.2, 0.25) is 0 Å². The average molecular weight is 259 g/mol. The summed E-state index contributed by atoms with van der Waals surface area (Å²) in [6.07, 6.45) is 0.239. The molecule has 4 nitrogen and oxygen atoms in total. The van der Waals surface area contributed by atoms with Crippen LogP contribution in [0, 0.1) is 6.92 Å². The summed E-state index contributed by atoms with van der Waals surface area (Å²) < 4.78 is 7.08. The van der Waals surface area contributed by atoms with Gasteiger partial charge in [0.05, 0.1) is 22.8 Å². The van der Waals surface area contributed by atoms with E-state index in [9.17, 15) is 4.79 Å². The van der Waals surface area contributed by atoms with Crippen molar-refractivity contribution in [3.05, 3.63) is 16.4 Å². The highest BCUT2D eigenvalue weighted by molar-refractivity contribution is 6.32. The Labute approximate surface area is 107 Å². The molecule has 17 heavy (non-hydrogen) atoms. The van der Waals surface area contributed by atoms with Crippen molar-refractivity contribution >= 4 is 17.4 Å². The summed E-state index contributed by atoms with van der Waals surface area (Å²) >= 11 is 6.11. The monoisotopic (exact) mass is 258 g/mol. The Balaban J connectivity index is 2.88. The van der Waals surface area contributed by atoms with Crippen molar-refractivity contribution < 1.29 is 9.53 Å². The number of ketones is 1. The van der Waals surface area contributed by atoms with Gasteiger partial charge < -0.3 is 4.74 Å². The van der Waals surface area contributed by atoms with Crippen molar-refractivity contribution in [1.29, 1.82) is 0 Å². The standard InChI is InChI=1S/C12H19ClN2O2/c1-6-17-12(3,4)10(16)7-9-11(13)8(2)14-15(9)5/h6-7H2,1-5H3. The van der Waals surface area contributed by atoms with E-state index in [1.165, 1.54) is 0 Å². The number of rotatable bonds is 5. The molecule has 1 aromatic rings. The molecule has 1 aromatic heterocycles. The van der Waals surface area contributed by atoms with E-state index in [-0.39, 0.29) is 12.2 Å². The lowest BCUT2D eigenvalue weighted by Crippen LogP contribution is -2.36. The minimum Gasteiger partial charge on any atom is -0.368 e. The second-order valence-corrected chi connectivity index (χ2v) is 4.89. The van der Waals surface area contributed by atoms with Crippen molar-refractivity contribution in [2.75, 3.05) is 6.61 Å². The second-order valence-electron chi connectivity index (χ2n) is 4.51. The van der Waals surface area contributed by atoms with Crippen LogP contribution in [0.1, 0.15) is 32.2 Å². The number of carbonyl (C=O) groups is 1. The van der Waals surface area contributed by atoms with Crippen molar-refractivity contribution in [3.63, 3.8) is 0 Å². The summed E-state index contributed by atoms with van der Waals surface area (Å²) in [4.78, 5) is 12.1. The first-order valence-electron chi connectivity index (χ1n) is 5.64. The van der Waals surface area contributed by atoms with Gasteiger partial charge in [-0.05, 0) is 27.7 Å². The van der Waals surface area contributed by atoms with Gasteiger partial charge in [-0.15, -0.1) is 0 Å². The van der Waals surface area contributed by atoms with Crippen LogP contribution in [0.5, 0.6) is 0 Å². The molecule has 0 saturated carbocycles. The third-order valence-corrected chi connectivity index (χ3v) is 3.26. The van der Waals surface area contributed by atoms with Crippen molar-refractivity contribution in [2.24, 2.45) is 7.05 Å². The maximum atomic E-state index is 12.1. The van der Waals surface area contributed by atoms with Crippen LogP contribution in [0.3, 0.4) is 0 Å². The first-order chi connectivity index (χ1) is 7.79. The van der Waals surface area contributed by atoms with Crippen LogP contribution in [0.4, 0.5) is 0 Å². The molecule has 0 fully saturated rings. The summed E-state index contributed by atoms with van der Waals surface area (Å²) in [5, 5.41) is 4.75. The first kappa shape index (κ1) is 14.2. The molecular weight excluding hydrogens is 240 g/mol. The van der Waals surface area contributed by atoms with Crippen LogP contribution in [-0.2, 0) is 23.0 Å². The summed E-state index contributed by atoms with van der Waals surface area (Å²) in [5.74, 6) is 0.00394. The van der Waals surface area contributed by atoms with E-state index in [1.54, 1.807) is 25.6 Å². The van der Waals surface area contributed by atoms with Crippen LogP contribution in [0.15, 0.2) is 0 Å². The van der Waals surface area contributed by atoms with Gasteiger partial charge in [-0.25, -0.2) is 0 Å². The summed E-state index contributed by atoms with van der Waals surface area (Å²) in [6.45, 7) is 7.75. The lowest BCUT2D eigenvalue weighted by molar-refractivity contribution is -0.139. The number of Topliss-reactive ketones (excluding diaryl/α,β-unsaturated/α-hetero) is 1.